The number of aromatic amines is 1. The topological polar surface area (TPSA) is 360 Å². The zero-order valence-corrected chi connectivity index (χ0v) is 47.1. The number of aromatic hydroxyl groups is 2. The van der Waals surface area contributed by atoms with Crippen LogP contribution in [0.4, 0.5) is 0 Å². The van der Waals surface area contributed by atoms with E-state index in [4.69, 9.17) is 5.73 Å². The van der Waals surface area contributed by atoms with Crippen molar-refractivity contribution in [3.63, 3.8) is 0 Å². The second-order valence-corrected chi connectivity index (χ2v) is 22.5. The maximum Gasteiger partial charge on any atom is 0.246 e. The molecule has 1 aromatic heterocycles. The Morgan fingerprint density at radius 2 is 1.14 bits per heavy atom. The van der Waals surface area contributed by atoms with Crippen LogP contribution in [0.3, 0.4) is 0 Å². The van der Waals surface area contributed by atoms with Gasteiger partial charge in [-0.3, -0.25) is 43.7 Å². The van der Waals surface area contributed by atoms with Gasteiger partial charge in [-0.25, -0.2) is 4.98 Å². The van der Waals surface area contributed by atoms with Crippen molar-refractivity contribution in [2.75, 3.05) is 13.2 Å². The molecule has 4 aromatic rings. The third-order valence-electron chi connectivity index (χ3n) is 13.7. The number of rotatable bonds is 29. The van der Waals surface area contributed by atoms with Crippen LogP contribution in [0, 0.1) is 17.3 Å². The highest BCUT2D eigenvalue weighted by molar-refractivity contribution is 5.96. The molecule has 2 heterocycles. The van der Waals surface area contributed by atoms with E-state index in [0.717, 1.165) is 0 Å². The summed E-state index contributed by atoms with van der Waals surface area (Å²) in [6.45, 7) is 12.0. The maximum absolute atomic E-state index is 14.7. The van der Waals surface area contributed by atoms with Crippen molar-refractivity contribution in [1.29, 1.82) is 0 Å². The van der Waals surface area contributed by atoms with E-state index < -0.39 is 108 Å². The summed E-state index contributed by atoms with van der Waals surface area (Å²) in [7, 11) is 0. The molecule has 1 aliphatic rings. The molecule has 81 heavy (non-hydrogen) atoms. The SMILES string of the molecule is CC(C)C[C@H](NC(O)[C@H](CC(C)C)NC(=O)[C@H](Cc1ccccc1)NC(=O)[C@@H]1CCCN1C(=O)[C@H](Cc1cnc[nH]1)NC(=O)C(C)(C)C)C(=O)N[C@@H](Cc1ccc(O)cc1)C(=O)N[C@@H](Cc1ccc(O)cc1)C(=O)N[C@@H](CO)C(N)=O. The van der Waals surface area contributed by atoms with Gasteiger partial charge in [-0.05, 0) is 78.5 Å². The van der Waals surface area contributed by atoms with E-state index in [1.54, 1.807) is 69.4 Å². The van der Waals surface area contributed by atoms with Crippen LogP contribution >= 0.6 is 0 Å². The first-order valence-corrected chi connectivity index (χ1v) is 27.4. The van der Waals surface area contributed by atoms with E-state index in [1.165, 1.54) is 47.6 Å². The lowest BCUT2D eigenvalue weighted by Crippen LogP contribution is -2.62. The van der Waals surface area contributed by atoms with E-state index in [0.29, 0.717) is 28.8 Å². The van der Waals surface area contributed by atoms with E-state index in [1.807, 2.05) is 27.7 Å². The first kappa shape index (κ1) is 63.9. The average molecular weight is 1120 g/mol. The zero-order valence-electron chi connectivity index (χ0n) is 47.1. The number of imidazole rings is 1. The summed E-state index contributed by atoms with van der Waals surface area (Å²) in [4.78, 5) is 120. The summed E-state index contributed by atoms with van der Waals surface area (Å²) in [6, 6.07) is 10.8. The smallest absolute Gasteiger partial charge is 0.246 e. The second-order valence-electron chi connectivity index (χ2n) is 22.5. The van der Waals surface area contributed by atoms with E-state index in [9.17, 15) is 58.8 Å². The second kappa shape index (κ2) is 30.1. The van der Waals surface area contributed by atoms with E-state index in [2.05, 4.69) is 47.2 Å². The first-order chi connectivity index (χ1) is 38.3. The van der Waals surface area contributed by atoms with Crippen molar-refractivity contribution in [3.05, 3.63) is 114 Å². The largest absolute Gasteiger partial charge is 0.508 e. The Morgan fingerprint density at radius 3 is 1.62 bits per heavy atom. The lowest BCUT2D eigenvalue weighted by Gasteiger charge is -2.33. The van der Waals surface area contributed by atoms with Gasteiger partial charge >= 0.3 is 0 Å². The number of likely N-dealkylation sites (tertiary alicyclic amines) is 1. The van der Waals surface area contributed by atoms with Gasteiger partial charge in [0.05, 0.1) is 25.0 Å². The van der Waals surface area contributed by atoms with Crippen molar-refractivity contribution in [1.82, 2.24) is 52.1 Å². The van der Waals surface area contributed by atoms with Crippen LogP contribution in [0.2, 0.25) is 0 Å². The Morgan fingerprint density at radius 1 is 0.642 bits per heavy atom. The number of aromatic nitrogens is 2. The minimum Gasteiger partial charge on any atom is -0.508 e. The molecule has 14 N–H and O–H groups in total. The molecule has 23 heteroatoms. The number of phenols is 2. The molecule has 0 bridgehead atoms. The molecular weight excluding hydrogens is 1040 g/mol. The van der Waals surface area contributed by atoms with Crippen molar-refractivity contribution in [2.45, 2.75) is 154 Å². The number of hydrogen-bond acceptors (Lipinski definition) is 14. The molecule has 3 aromatic carbocycles. The predicted octanol–water partition coefficient (Wildman–Crippen LogP) is 0.884. The number of phenolic OH excluding ortho intramolecular Hbond substituents is 2. The molecular formula is C58H81N11O12. The highest BCUT2D eigenvalue weighted by Gasteiger charge is 2.41. The number of hydrogen-bond donors (Lipinski definition) is 13. The summed E-state index contributed by atoms with van der Waals surface area (Å²) >= 11 is 0. The van der Waals surface area contributed by atoms with Gasteiger partial charge in [0, 0.05) is 49.5 Å². The molecule has 1 saturated heterocycles. The van der Waals surface area contributed by atoms with Crippen LogP contribution < -0.4 is 43.0 Å². The first-order valence-electron chi connectivity index (χ1n) is 27.4. The molecule has 0 spiro atoms. The number of carbonyl (C=O) groups is 8. The number of H-pyrrole nitrogens is 1. The quantitative estimate of drug-likeness (QED) is 0.0336. The maximum atomic E-state index is 14.7. The standard InChI is InChI=1S/C58H81N11O12/c1-33(2)24-41(63-53(77)45(26-35-12-9-8-10-13-35)66-55(79)48-14-11-23-69(48)56(80)46(29-38-30-60-32-61-38)68-57(81)58(5,6)7)50(74)62-42(25-34(3)4)51(75)64-43(27-36-15-19-39(71)20-16-36)52(76)65-44(28-37-17-21-40(72)22-18-37)54(78)67-47(31-70)49(59)73/h8-10,12-13,15-22,30,32-34,41-48,50,62,70-72,74H,11,14,23-29,31H2,1-7H3,(H2,59,73)(H,60,61)(H,63,77)(H,64,75)(H,65,76)(H,66,79)(H,67,78)(H,68,81)/t41-,42-,43-,44-,45-,46-,47-,48-,50?/m0/s1. The number of aliphatic hydroxyl groups excluding tert-OH is 2. The summed E-state index contributed by atoms with van der Waals surface area (Å²) < 4.78 is 0. The van der Waals surface area contributed by atoms with Crippen LogP contribution in [0.5, 0.6) is 11.5 Å². The van der Waals surface area contributed by atoms with Crippen LogP contribution in [0.15, 0.2) is 91.4 Å². The van der Waals surface area contributed by atoms with Gasteiger partial charge in [-0.1, -0.05) is 103 Å². The lowest BCUT2D eigenvalue weighted by molar-refractivity contribution is -0.143. The Hall–Kier alpha value is -7.89. The van der Waals surface area contributed by atoms with Gasteiger partial charge in [0.25, 0.3) is 0 Å². The number of carbonyl (C=O) groups excluding carboxylic acids is 8. The normalized spacial score (nSPS) is 16.4. The minimum atomic E-state index is -1.59. The third-order valence-corrected chi connectivity index (χ3v) is 13.7. The highest BCUT2D eigenvalue weighted by Crippen LogP contribution is 2.23. The molecule has 1 aliphatic heterocycles. The molecule has 0 aliphatic carbocycles. The van der Waals surface area contributed by atoms with Gasteiger partial charge in [0.15, 0.2) is 0 Å². The predicted molar refractivity (Wildman–Crippen MR) is 300 cm³/mol. The Bertz CT molecular complexity index is 2720. The summed E-state index contributed by atoms with van der Waals surface area (Å²) in [6.07, 6.45) is 2.29. The van der Waals surface area contributed by atoms with Gasteiger partial charge < -0.3 is 67.9 Å². The van der Waals surface area contributed by atoms with Gasteiger partial charge in [0.1, 0.15) is 54.0 Å². The van der Waals surface area contributed by atoms with Crippen LogP contribution in [0.25, 0.3) is 0 Å². The molecule has 5 rings (SSSR count). The van der Waals surface area contributed by atoms with E-state index in [-0.39, 0.29) is 80.7 Å². The molecule has 0 saturated carbocycles. The zero-order chi connectivity index (χ0) is 59.6. The number of nitrogens with zero attached hydrogens (tertiary/aromatic N) is 2. The van der Waals surface area contributed by atoms with Crippen LogP contribution in [-0.2, 0) is 64.0 Å². The van der Waals surface area contributed by atoms with Gasteiger partial charge in [0.2, 0.25) is 47.3 Å². The number of nitrogens with one attached hydrogen (secondary N) is 8. The van der Waals surface area contributed by atoms with Crippen molar-refractivity contribution in [2.24, 2.45) is 23.0 Å². The fraction of sp³-hybridized carbons (Fsp3) is 0.500. The summed E-state index contributed by atoms with van der Waals surface area (Å²) in [5, 5.41) is 61.3. The molecule has 23 nitrogen and oxygen atoms in total. The fourth-order valence-corrected chi connectivity index (χ4v) is 9.30. The lowest BCUT2D eigenvalue weighted by atomic mass is 9.94. The van der Waals surface area contributed by atoms with Crippen molar-refractivity contribution >= 4 is 47.3 Å². The molecule has 0 radical (unpaired) electrons. The number of benzene rings is 3. The molecule has 1 unspecified atom stereocenters. The summed E-state index contributed by atoms with van der Waals surface area (Å²) in [5.74, 6) is -6.00. The third kappa shape index (κ3) is 20.0. The molecule has 440 valence electrons. The highest BCUT2D eigenvalue weighted by atomic mass is 16.3. The van der Waals surface area contributed by atoms with E-state index >= 15 is 0 Å². The monoisotopic (exact) mass is 1120 g/mol. The number of amides is 8. The number of primary amides is 1. The van der Waals surface area contributed by atoms with Crippen LogP contribution in [0.1, 0.15) is 96.5 Å². The molecule has 1 fully saturated rings. The number of aliphatic hydroxyl groups is 2. The van der Waals surface area contributed by atoms with Crippen molar-refractivity contribution in [3.8, 4) is 11.5 Å². The molecule has 9 atom stereocenters. The Kier molecular flexibility index (Phi) is 23.7. The molecule has 8 amide bonds. The van der Waals surface area contributed by atoms with Gasteiger partial charge in [-0.2, -0.15) is 0 Å². The summed E-state index contributed by atoms with van der Waals surface area (Å²) in [5.41, 5.74) is 6.85. The Balaban J connectivity index is 1.39. The fourth-order valence-electron chi connectivity index (χ4n) is 9.30. The van der Waals surface area contributed by atoms with Gasteiger partial charge in [-0.15, -0.1) is 0 Å². The van der Waals surface area contributed by atoms with Crippen molar-refractivity contribution < 1.29 is 58.8 Å². The Labute approximate surface area is 472 Å². The number of nitrogens with two attached hydrogens (primary N) is 1. The van der Waals surface area contributed by atoms with Crippen LogP contribution in [-0.4, -0.2) is 150 Å². The average Bonchev–Trinajstić information content (AvgIpc) is 4.16. The minimum absolute atomic E-state index is 0.0224.